The maximum atomic E-state index is 12.2. The number of nitrogens with one attached hydrogen (secondary N) is 1. The molecule has 130 valence electrons. The molecule has 2 atom stereocenters. The van der Waals surface area contributed by atoms with Crippen LogP contribution in [-0.2, 0) is 16.0 Å². The smallest absolute Gasteiger partial charge is 0.335 e. The Kier molecular flexibility index (Phi) is 5.46. The van der Waals surface area contributed by atoms with E-state index in [-0.39, 0.29) is 29.9 Å². The number of carboxylic acid groups (broad SMARTS) is 1. The Bertz CT molecular complexity index is 727. The van der Waals surface area contributed by atoms with Gasteiger partial charge in [-0.3, -0.25) is 4.79 Å². The Hall–Kier alpha value is -2.66. The molecule has 0 aliphatic carbocycles. The zero-order valence-electron chi connectivity index (χ0n) is 13.9. The molecule has 2 aromatic carbocycles. The molecule has 1 amide bonds. The summed E-state index contributed by atoms with van der Waals surface area (Å²) < 4.78 is 5.83. The molecule has 5 heteroatoms. The lowest BCUT2D eigenvalue weighted by Crippen LogP contribution is -2.31. The van der Waals surface area contributed by atoms with E-state index in [0.717, 1.165) is 17.5 Å². The van der Waals surface area contributed by atoms with Crippen LogP contribution in [0.4, 0.5) is 0 Å². The van der Waals surface area contributed by atoms with E-state index in [1.165, 1.54) is 12.1 Å². The van der Waals surface area contributed by atoms with Crippen molar-refractivity contribution in [3.63, 3.8) is 0 Å². The van der Waals surface area contributed by atoms with Crippen LogP contribution in [0.1, 0.15) is 34.0 Å². The monoisotopic (exact) mass is 339 g/mol. The highest BCUT2D eigenvalue weighted by Crippen LogP contribution is 2.33. The number of carboxylic acids is 1. The van der Waals surface area contributed by atoms with Gasteiger partial charge in [0.1, 0.15) is 0 Å². The molecule has 2 N–H and O–H groups in total. The first-order valence-electron chi connectivity index (χ1n) is 8.39. The van der Waals surface area contributed by atoms with Crippen LogP contribution < -0.4 is 5.32 Å². The van der Waals surface area contributed by atoms with Crippen LogP contribution in [0.2, 0.25) is 0 Å². The van der Waals surface area contributed by atoms with Gasteiger partial charge in [0.15, 0.2) is 0 Å². The lowest BCUT2D eigenvalue weighted by Gasteiger charge is -2.19. The Morgan fingerprint density at radius 3 is 2.48 bits per heavy atom. The van der Waals surface area contributed by atoms with Gasteiger partial charge in [-0.1, -0.05) is 42.5 Å². The zero-order chi connectivity index (χ0) is 17.6. The molecule has 0 bridgehead atoms. The maximum Gasteiger partial charge on any atom is 0.335 e. The van der Waals surface area contributed by atoms with Crippen molar-refractivity contribution < 1.29 is 19.4 Å². The number of carbonyl (C=O) groups excluding carboxylic acids is 1. The minimum atomic E-state index is -0.968. The van der Waals surface area contributed by atoms with Gasteiger partial charge in [-0.05, 0) is 29.7 Å². The third-order valence-electron chi connectivity index (χ3n) is 4.47. The molecule has 0 aromatic heterocycles. The summed E-state index contributed by atoms with van der Waals surface area (Å²) >= 11 is 0. The van der Waals surface area contributed by atoms with Crippen LogP contribution >= 0.6 is 0 Å². The van der Waals surface area contributed by atoms with Crippen LogP contribution in [0.3, 0.4) is 0 Å². The van der Waals surface area contributed by atoms with Gasteiger partial charge < -0.3 is 15.2 Å². The predicted molar refractivity (Wildman–Crippen MR) is 93.4 cm³/mol. The Balaban J connectivity index is 1.52. The van der Waals surface area contributed by atoms with Gasteiger partial charge in [0.25, 0.3) is 0 Å². The summed E-state index contributed by atoms with van der Waals surface area (Å²) in [7, 11) is 0. The summed E-state index contributed by atoms with van der Waals surface area (Å²) in [6.45, 7) is 1.28. The van der Waals surface area contributed by atoms with Crippen molar-refractivity contribution in [2.45, 2.75) is 18.9 Å². The van der Waals surface area contributed by atoms with Crippen LogP contribution in [0.5, 0.6) is 0 Å². The molecule has 3 rings (SSSR count). The Labute approximate surface area is 146 Å². The van der Waals surface area contributed by atoms with Crippen molar-refractivity contribution in [3.05, 3.63) is 71.3 Å². The second-order valence-corrected chi connectivity index (χ2v) is 6.23. The van der Waals surface area contributed by atoms with E-state index in [0.29, 0.717) is 13.2 Å². The summed E-state index contributed by atoms with van der Waals surface area (Å²) in [5.41, 5.74) is 2.16. The standard InChI is InChI=1S/C20H21NO4/c22-18(12-14-6-8-16(9-7-14)20(23)24)21-13-17-10-11-25-19(17)15-4-2-1-3-5-15/h1-9,17,19H,10-13H2,(H,21,22)(H,23,24)/t17-,19-/m1/s1. The minimum Gasteiger partial charge on any atom is -0.478 e. The summed E-state index contributed by atoms with van der Waals surface area (Å²) in [6.07, 6.45) is 1.19. The number of carbonyl (C=O) groups is 2. The highest BCUT2D eigenvalue weighted by molar-refractivity contribution is 5.87. The first-order chi connectivity index (χ1) is 12.1. The van der Waals surface area contributed by atoms with Crippen molar-refractivity contribution in [2.24, 2.45) is 5.92 Å². The van der Waals surface area contributed by atoms with Crippen molar-refractivity contribution in [1.82, 2.24) is 5.32 Å². The molecule has 1 aliphatic rings. The number of aromatic carboxylic acids is 1. The maximum absolute atomic E-state index is 12.2. The van der Waals surface area contributed by atoms with Crippen molar-refractivity contribution in [1.29, 1.82) is 0 Å². The molecule has 0 spiro atoms. The van der Waals surface area contributed by atoms with Crippen LogP contribution in [0.25, 0.3) is 0 Å². The van der Waals surface area contributed by atoms with Gasteiger partial charge in [0.05, 0.1) is 18.1 Å². The molecule has 1 heterocycles. The largest absolute Gasteiger partial charge is 0.478 e. The van der Waals surface area contributed by atoms with Crippen LogP contribution in [0.15, 0.2) is 54.6 Å². The highest BCUT2D eigenvalue weighted by atomic mass is 16.5. The Morgan fingerprint density at radius 1 is 1.08 bits per heavy atom. The van der Waals surface area contributed by atoms with Crippen LogP contribution in [0, 0.1) is 5.92 Å². The lowest BCUT2D eigenvalue weighted by molar-refractivity contribution is -0.120. The minimum absolute atomic E-state index is 0.0244. The Morgan fingerprint density at radius 2 is 1.80 bits per heavy atom. The fourth-order valence-electron chi connectivity index (χ4n) is 3.11. The first-order valence-corrected chi connectivity index (χ1v) is 8.39. The number of hydrogen-bond donors (Lipinski definition) is 2. The third-order valence-corrected chi connectivity index (χ3v) is 4.47. The topological polar surface area (TPSA) is 75.6 Å². The molecule has 0 unspecified atom stereocenters. The second kappa shape index (κ2) is 7.94. The van der Waals surface area contributed by atoms with Gasteiger partial charge in [-0.15, -0.1) is 0 Å². The molecular weight excluding hydrogens is 318 g/mol. The zero-order valence-corrected chi connectivity index (χ0v) is 13.9. The normalized spacial score (nSPS) is 19.5. The molecule has 1 aliphatic heterocycles. The van der Waals surface area contributed by atoms with Gasteiger partial charge in [-0.2, -0.15) is 0 Å². The summed E-state index contributed by atoms with van der Waals surface area (Å²) in [5.74, 6) is -0.772. The highest BCUT2D eigenvalue weighted by Gasteiger charge is 2.29. The summed E-state index contributed by atoms with van der Waals surface area (Å²) in [4.78, 5) is 23.0. The molecule has 25 heavy (non-hydrogen) atoms. The van der Waals surface area contributed by atoms with E-state index in [9.17, 15) is 9.59 Å². The lowest BCUT2D eigenvalue weighted by atomic mass is 9.95. The fraction of sp³-hybridized carbons (Fsp3) is 0.300. The number of amides is 1. The van der Waals surface area contributed by atoms with E-state index in [1.807, 2.05) is 18.2 Å². The summed E-state index contributed by atoms with van der Waals surface area (Å²) in [6, 6.07) is 16.4. The van der Waals surface area contributed by atoms with E-state index >= 15 is 0 Å². The molecule has 1 fully saturated rings. The molecule has 1 saturated heterocycles. The van der Waals surface area contributed by atoms with E-state index in [2.05, 4.69) is 17.4 Å². The average Bonchev–Trinajstić information content (AvgIpc) is 3.10. The quantitative estimate of drug-likeness (QED) is 0.848. The summed E-state index contributed by atoms with van der Waals surface area (Å²) in [5, 5.41) is 11.9. The number of ether oxygens (including phenoxy) is 1. The van der Waals surface area contributed by atoms with E-state index in [1.54, 1.807) is 12.1 Å². The van der Waals surface area contributed by atoms with Crippen molar-refractivity contribution in [3.8, 4) is 0 Å². The molecule has 5 nitrogen and oxygen atoms in total. The van der Waals surface area contributed by atoms with E-state index < -0.39 is 5.97 Å². The molecule has 0 saturated carbocycles. The van der Waals surface area contributed by atoms with Crippen molar-refractivity contribution >= 4 is 11.9 Å². The molecule has 2 aromatic rings. The SMILES string of the molecule is O=C(Cc1ccc(C(=O)O)cc1)NC[C@H]1CCO[C@@H]1c1ccccc1. The average molecular weight is 339 g/mol. The predicted octanol–water partition coefficient (Wildman–Crippen LogP) is 2.82. The van der Waals surface area contributed by atoms with Gasteiger partial charge in [0.2, 0.25) is 5.91 Å². The molecular formula is C20H21NO4. The van der Waals surface area contributed by atoms with Gasteiger partial charge >= 0.3 is 5.97 Å². The number of benzene rings is 2. The number of hydrogen-bond acceptors (Lipinski definition) is 3. The molecule has 0 radical (unpaired) electrons. The first kappa shape index (κ1) is 17.2. The van der Waals surface area contributed by atoms with E-state index in [4.69, 9.17) is 9.84 Å². The number of rotatable bonds is 6. The second-order valence-electron chi connectivity index (χ2n) is 6.23. The third kappa shape index (κ3) is 4.45. The van der Waals surface area contributed by atoms with Gasteiger partial charge in [-0.25, -0.2) is 4.79 Å². The van der Waals surface area contributed by atoms with Gasteiger partial charge in [0, 0.05) is 19.1 Å². The van der Waals surface area contributed by atoms with Crippen LogP contribution in [-0.4, -0.2) is 30.1 Å². The van der Waals surface area contributed by atoms with Crippen molar-refractivity contribution in [2.75, 3.05) is 13.2 Å². The fourth-order valence-corrected chi connectivity index (χ4v) is 3.11.